The summed E-state index contributed by atoms with van der Waals surface area (Å²) in [5.41, 5.74) is 0. The van der Waals surface area contributed by atoms with Gasteiger partial charge in [0.05, 0.1) is 6.16 Å². The summed E-state index contributed by atoms with van der Waals surface area (Å²) in [5.74, 6) is 0. The Labute approximate surface area is 178 Å². The van der Waals surface area contributed by atoms with Crippen LogP contribution in [0.1, 0.15) is 19.8 Å². The van der Waals surface area contributed by atoms with E-state index in [2.05, 4.69) is 126 Å². The van der Waals surface area contributed by atoms with Crippen LogP contribution in [-0.2, 0) is 10.9 Å². The van der Waals surface area contributed by atoms with Crippen LogP contribution in [0.4, 0.5) is 0 Å². The molecule has 0 aromatic heterocycles. The summed E-state index contributed by atoms with van der Waals surface area (Å²) in [7, 11) is -0.320. The van der Waals surface area contributed by atoms with E-state index in [1.807, 2.05) is 0 Å². The fourth-order valence-corrected chi connectivity index (χ4v) is 7.78. The van der Waals surface area contributed by atoms with E-state index < -0.39 is 7.26 Å². The van der Waals surface area contributed by atoms with Crippen molar-refractivity contribution in [3.05, 3.63) is 91.0 Å². The van der Waals surface area contributed by atoms with Crippen molar-refractivity contribution in [1.29, 1.82) is 0 Å². The van der Waals surface area contributed by atoms with E-state index in [1.54, 1.807) is 0 Å². The molecule has 0 fully saturated rings. The van der Waals surface area contributed by atoms with Gasteiger partial charge in [-0.2, -0.15) is 0 Å². The molecule has 0 amide bonds. The zero-order chi connectivity index (χ0) is 18.7. The van der Waals surface area contributed by atoms with Crippen molar-refractivity contribution < 1.29 is 10.9 Å². The van der Waals surface area contributed by atoms with E-state index in [-0.39, 0.29) is 0 Å². The molecule has 4 heteroatoms. The molecule has 3 aromatic rings. The van der Waals surface area contributed by atoms with Crippen molar-refractivity contribution >= 4 is 51.6 Å². The van der Waals surface area contributed by atoms with Crippen molar-refractivity contribution in [1.82, 2.24) is 0 Å². The number of rotatable bonds is 6. The molecule has 140 valence electrons. The molecule has 0 nitrogen and oxygen atoms in total. The summed E-state index contributed by atoms with van der Waals surface area (Å²) in [6, 6.07) is 33.4. The molecule has 0 N–H and O–H groups in total. The molecular formula is C22H24Br2NiP+. The molecule has 0 saturated carbocycles. The number of hydrogen-bond acceptors (Lipinski definition) is 0. The average Bonchev–Trinajstić information content (AvgIpc) is 2.72. The topological polar surface area (TPSA) is 0 Å². The van der Waals surface area contributed by atoms with Crippen molar-refractivity contribution in [2.24, 2.45) is 0 Å². The molecule has 3 rings (SSSR count). The molecule has 0 aliphatic rings. The second kappa shape index (κ2) is 12.1. The first-order valence-electron chi connectivity index (χ1n) is 8.67. The molecule has 26 heavy (non-hydrogen) atoms. The number of hydrogen-bond donors (Lipinski definition) is 0. The molecule has 0 unspecified atom stereocenters. The first-order valence-corrected chi connectivity index (χ1v) is 15.5. The van der Waals surface area contributed by atoms with Gasteiger partial charge in [-0.05, 0) is 42.8 Å². The molecule has 0 saturated heterocycles. The quantitative estimate of drug-likeness (QED) is 0.250. The maximum atomic E-state index is 3.00. The standard InChI is InChI=1S/C22H24P.2BrH.Ni/c1-2-3-19-23(20-13-7-4-8-14-20,21-15-9-5-10-16-21)22-17-11-6-12-18-22;;;/h4-18H,2-3,19H2,1H3;2*1H;/q+1;;;+2/p-2. The molecule has 0 heterocycles. The van der Waals surface area contributed by atoms with E-state index in [0.717, 1.165) is 0 Å². The molecule has 0 radical (unpaired) electrons. The molecule has 0 atom stereocenters. The Hall–Kier alpha value is -0.456. The zero-order valence-corrected chi connectivity index (χ0v) is 19.9. The predicted octanol–water partition coefficient (Wildman–Crippen LogP) is 6.47. The van der Waals surface area contributed by atoms with Crippen LogP contribution in [0, 0.1) is 0 Å². The van der Waals surface area contributed by atoms with Gasteiger partial charge in [-0.1, -0.05) is 67.9 Å². The van der Waals surface area contributed by atoms with Gasteiger partial charge in [-0.15, -0.1) is 0 Å². The van der Waals surface area contributed by atoms with Crippen LogP contribution in [0.3, 0.4) is 0 Å². The van der Waals surface area contributed by atoms with Crippen molar-refractivity contribution in [3.63, 3.8) is 0 Å². The van der Waals surface area contributed by atoms with Gasteiger partial charge in [-0.25, -0.2) is 0 Å². The van der Waals surface area contributed by atoms with Crippen molar-refractivity contribution in [3.8, 4) is 0 Å². The van der Waals surface area contributed by atoms with E-state index in [4.69, 9.17) is 0 Å². The third-order valence-corrected chi connectivity index (χ3v) is 8.96. The Morgan fingerprint density at radius 3 is 1.23 bits per heavy atom. The van der Waals surface area contributed by atoms with Gasteiger partial charge in [0.15, 0.2) is 0 Å². The summed E-state index contributed by atoms with van der Waals surface area (Å²) in [6.45, 7) is 2.29. The first kappa shape index (κ1) is 21.8. The number of halogens is 2. The number of benzene rings is 3. The second-order valence-electron chi connectivity index (χ2n) is 5.94. The van der Waals surface area contributed by atoms with Crippen molar-refractivity contribution in [2.75, 3.05) is 6.16 Å². The third kappa shape index (κ3) is 5.52. The average molecular weight is 538 g/mol. The van der Waals surface area contributed by atoms with Gasteiger partial charge >= 0.3 is 39.3 Å². The minimum absolute atomic E-state index is 1.23. The maximum absolute atomic E-state index is 3.00. The van der Waals surface area contributed by atoms with Gasteiger partial charge in [0, 0.05) is 0 Å². The SMILES string of the molecule is CCCC[P+](c1ccccc1)(c1ccccc1)c1ccccc1.[Br][Ni][Br]. The first-order chi connectivity index (χ1) is 12.8. The van der Waals surface area contributed by atoms with Crippen LogP contribution in [0.25, 0.3) is 0 Å². The van der Waals surface area contributed by atoms with Crippen LogP contribution in [0.15, 0.2) is 91.0 Å². The van der Waals surface area contributed by atoms with E-state index in [1.165, 1.54) is 45.8 Å². The minimum atomic E-state index is -1.57. The Kier molecular flexibility index (Phi) is 10.2. The van der Waals surface area contributed by atoms with Gasteiger partial charge in [-0.3, -0.25) is 0 Å². The van der Waals surface area contributed by atoms with E-state index >= 15 is 0 Å². The molecular weight excluding hydrogens is 514 g/mol. The summed E-state index contributed by atoms with van der Waals surface area (Å²) in [6.07, 6.45) is 3.72. The molecule has 0 aliphatic heterocycles. The third-order valence-electron chi connectivity index (χ3n) is 4.44. The van der Waals surface area contributed by atoms with E-state index in [0.29, 0.717) is 0 Å². The van der Waals surface area contributed by atoms with Crippen LogP contribution >= 0.6 is 35.7 Å². The monoisotopic (exact) mass is 535 g/mol. The normalized spacial score (nSPS) is 10.9. The van der Waals surface area contributed by atoms with Gasteiger partial charge in [0.25, 0.3) is 0 Å². The molecule has 0 bridgehead atoms. The Morgan fingerprint density at radius 1 is 0.654 bits per heavy atom. The van der Waals surface area contributed by atoms with Crippen LogP contribution < -0.4 is 15.9 Å². The summed E-state index contributed by atoms with van der Waals surface area (Å²) in [5, 5.41) is 4.47. The van der Waals surface area contributed by atoms with Gasteiger partial charge < -0.3 is 0 Å². The Balaban J connectivity index is 0.000000758. The van der Waals surface area contributed by atoms with Crippen LogP contribution in [-0.4, -0.2) is 6.16 Å². The van der Waals surface area contributed by atoms with Crippen LogP contribution in [0.2, 0.25) is 0 Å². The van der Waals surface area contributed by atoms with Crippen LogP contribution in [0.5, 0.6) is 0 Å². The second-order valence-corrected chi connectivity index (χ2v) is 14.5. The molecule has 3 aromatic carbocycles. The molecule has 0 spiro atoms. The summed E-state index contributed by atoms with van der Waals surface area (Å²) in [4.78, 5) is 0. The van der Waals surface area contributed by atoms with E-state index in [9.17, 15) is 0 Å². The Morgan fingerprint density at radius 2 is 0.962 bits per heavy atom. The number of unbranched alkanes of at least 4 members (excludes halogenated alkanes) is 1. The zero-order valence-electron chi connectivity index (χ0n) is 14.8. The summed E-state index contributed by atoms with van der Waals surface area (Å²) < 4.78 is 0. The summed E-state index contributed by atoms with van der Waals surface area (Å²) >= 11 is 6.00. The Bertz CT molecular complexity index is 639. The van der Waals surface area contributed by atoms with Crippen molar-refractivity contribution in [2.45, 2.75) is 19.8 Å². The van der Waals surface area contributed by atoms with Gasteiger partial charge in [0.1, 0.15) is 23.2 Å². The van der Waals surface area contributed by atoms with Gasteiger partial charge in [0.2, 0.25) is 0 Å². The molecule has 0 aliphatic carbocycles. The fourth-order valence-electron chi connectivity index (χ4n) is 3.28. The predicted molar refractivity (Wildman–Crippen MR) is 123 cm³/mol. The fraction of sp³-hybridized carbons (Fsp3) is 0.182.